The van der Waals surface area contributed by atoms with Crippen LogP contribution in [-0.4, -0.2) is 111 Å². The molecule has 0 saturated carbocycles. The number of esters is 1. The van der Waals surface area contributed by atoms with Gasteiger partial charge in [-0.3, -0.25) is 9.69 Å². The number of hydrogen-bond acceptors (Lipinski definition) is 15. The summed E-state index contributed by atoms with van der Waals surface area (Å²) in [7, 11) is 1.48. The summed E-state index contributed by atoms with van der Waals surface area (Å²) in [4.78, 5) is 49.1. The van der Waals surface area contributed by atoms with Crippen molar-refractivity contribution in [3.05, 3.63) is 137 Å². The number of ether oxygens (including phenoxy) is 4. The molecule has 2 aliphatic rings. The number of aliphatic hydroxyl groups excluding tert-OH is 1. The highest BCUT2D eigenvalue weighted by atomic mass is 35.5. The quantitative estimate of drug-likeness (QED) is 0.0690. The summed E-state index contributed by atoms with van der Waals surface area (Å²) >= 11 is 0. The van der Waals surface area contributed by atoms with E-state index in [0.29, 0.717) is 49.2 Å². The van der Waals surface area contributed by atoms with Crippen molar-refractivity contribution in [1.29, 1.82) is 0 Å². The van der Waals surface area contributed by atoms with Crippen LogP contribution in [0.15, 0.2) is 109 Å². The first-order chi connectivity index (χ1) is 35.7. The van der Waals surface area contributed by atoms with E-state index in [-0.39, 0.29) is 61.8 Å². The molecule has 20 nitrogen and oxygen atoms in total. The maximum atomic E-state index is 15.6. The number of carbonyl (C=O) groups excluding carboxylic acids is 2. The molecule has 0 spiro atoms. The Morgan fingerprint density at radius 2 is 1.67 bits per heavy atom. The van der Waals surface area contributed by atoms with Gasteiger partial charge in [-0.15, -0.1) is 4.68 Å². The van der Waals surface area contributed by atoms with Crippen LogP contribution in [-0.2, 0) is 37.8 Å². The van der Waals surface area contributed by atoms with Gasteiger partial charge in [0.15, 0.2) is 0 Å². The van der Waals surface area contributed by atoms with Crippen LogP contribution >= 0.6 is 0 Å². The van der Waals surface area contributed by atoms with Crippen LogP contribution in [0.25, 0.3) is 5.69 Å². The lowest BCUT2D eigenvalue weighted by molar-refractivity contribution is -0.753. The Labute approximate surface area is 439 Å². The number of pyridine rings is 1. The van der Waals surface area contributed by atoms with Crippen molar-refractivity contribution in [2.75, 3.05) is 67.7 Å². The minimum absolute atomic E-state index is 0. The number of nitrogens with two attached hydrogens (primary N) is 2. The van der Waals surface area contributed by atoms with Crippen molar-refractivity contribution in [3.8, 4) is 11.4 Å². The van der Waals surface area contributed by atoms with Gasteiger partial charge in [-0.25, -0.2) is 32.6 Å². The second-order valence-electron chi connectivity index (χ2n) is 18.8. The first-order valence-electron chi connectivity index (χ1n) is 24.9. The monoisotopic (exact) mass is 1060 g/mol. The Hall–Kier alpha value is -6.98. The van der Waals surface area contributed by atoms with Crippen molar-refractivity contribution in [2.24, 2.45) is 17.4 Å². The zero-order valence-corrected chi connectivity index (χ0v) is 43.2. The molecule has 402 valence electrons. The summed E-state index contributed by atoms with van der Waals surface area (Å²) in [6.07, 6.45) is 5.65. The number of anilines is 3. The number of carbonyl (C=O) groups is 2. The minimum atomic E-state index is -1.24. The summed E-state index contributed by atoms with van der Waals surface area (Å²) in [5.74, 6) is -1.32. The van der Waals surface area contributed by atoms with Gasteiger partial charge in [-0.05, 0) is 99.8 Å². The van der Waals surface area contributed by atoms with Crippen LogP contribution in [0.2, 0.25) is 0 Å². The van der Waals surface area contributed by atoms with Gasteiger partial charge in [0, 0.05) is 85.9 Å². The van der Waals surface area contributed by atoms with E-state index in [1.54, 1.807) is 41.6 Å². The standard InChI is InChI=1S/C52H65F2N12O8.ClH/c1-5-47(35(2)67)66-50(69)65(33-59-66)42-13-11-40(12-14-42)61-22-24-62(25-23-61)41-15-17-43(18-16-41)71-28-37-27-52(73-29-37,44-19-10-39(53)26-45(44)54)31-64-34-63(32-58-64)36(3)74-51(70)60(4)48-38(8-7-21-57-48)30-72-49(68)46(56)9-6-20-55;/h7-8,10-19,21,26,32-37,46-47,67H,5-6,9,20,22-25,27-31,55-56H2,1-4H3;1H/q+1;/p-1/t35-,36?,37+,46-,47-,52-;/m0./s1. The third-order valence-electron chi connectivity index (χ3n) is 13.6. The van der Waals surface area contributed by atoms with Crippen molar-refractivity contribution in [2.45, 2.75) is 89.6 Å². The van der Waals surface area contributed by atoms with Gasteiger partial charge in [0.25, 0.3) is 6.33 Å². The lowest BCUT2D eigenvalue weighted by atomic mass is 9.87. The van der Waals surface area contributed by atoms with Gasteiger partial charge < -0.3 is 57.7 Å². The van der Waals surface area contributed by atoms with Crippen molar-refractivity contribution >= 4 is 29.3 Å². The zero-order chi connectivity index (χ0) is 52.5. The van der Waals surface area contributed by atoms with Crippen LogP contribution in [0.1, 0.15) is 69.9 Å². The van der Waals surface area contributed by atoms with E-state index in [0.717, 1.165) is 43.6 Å². The van der Waals surface area contributed by atoms with E-state index in [4.69, 9.17) is 30.4 Å². The maximum Gasteiger partial charge on any atom is 0.418 e. The van der Waals surface area contributed by atoms with E-state index < -0.39 is 53.7 Å². The molecule has 0 aliphatic carbocycles. The Kier molecular flexibility index (Phi) is 18.6. The summed E-state index contributed by atoms with van der Waals surface area (Å²) in [6.45, 7) is 9.22. The summed E-state index contributed by atoms with van der Waals surface area (Å²) in [5.41, 5.74) is 13.4. The molecule has 2 saturated heterocycles. The molecule has 0 radical (unpaired) electrons. The van der Waals surface area contributed by atoms with E-state index in [2.05, 4.69) is 25.0 Å². The van der Waals surface area contributed by atoms with Gasteiger partial charge in [0.05, 0.1) is 31.0 Å². The number of piperazine rings is 1. The number of rotatable bonds is 21. The Morgan fingerprint density at radius 1 is 0.987 bits per heavy atom. The number of nitrogens with zero attached hydrogens (tertiary/aromatic N) is 10. The molecule has 3 aromatic carbocycles. The Bertz CT molecular complexity index is 2900. The molecule has 2 fully saturated rings. The third kappa shape index (κ3) is 13.1. The molecule has 23 heteroatoms. The number of halogens is 3. The predicted octanol–water partition coefficient (Wildman–Crippen LogP) is 1.77. The average Bonchev–Trinajstić information content (AvgIpc) is 4.16. The lowest BCUT2D eigenvalue weighted by Gasteiger charge is -2.37. The largest absolute Gasteiger partial charge is 1.00 e. The first-order valence-corrected chi connectivity index (χ1v) is 24.9. The highest BCUT2D eigenvalue weighted by molar-refractivity contribution is 5.86. The van der Waals surface area contributed by atoms with Gasteiger partial charge in [-0.1, -0.05) is 19.1 Å². The predicted molar refractivity (Wildman–Crippen MR) is 270 cm³/mol. The zero-order valence-electron chi connectivity index (χ0n) is 42.5. The molecular formula is C52H65ClF2N12O8. The fourth-order valence-electron chi connectivity index (χ4n) is 9.46. The molecule has 1 unspecified atom stereocenters. The number of amides is 1. The maximum absolute atomic E-state index is 15.6. The molecule has 6 atom stereocenters. The first kappa shape index (κ1) is 55.8. The molecule has 75 heavy (non-hydrogen) atoms. The third-order valence-corrected chi connectivity index (χ3v) is 13.6. The molecule has 0 bridgehead atoms. The van der Waals surface area contributed by atoms with E-state index in [9.17, 15) is 23.9 Å². The van der Waals surface area contributed by atoms with E-state index in [1.807, 2.05) is 55.5 Å². The summed E-state index contributed by atoms with van der Waals surface area (Å²) in [5, 5.41) is 18.9. The van der Waals surface area contributed by atoms with Gasteiger partial charge >= 0.3 is 17.8 Å². The number of hydrogen-bond donors (Lipinski definition) is 3. The number of aliphatic hydroxyl groups is 1. The lowest BCUT2D eigenvalue weighted by Crippen LogP contribution is -3.00. The van der Waals surface area contributed by atoms with Gasteiger partial charge in [-0.2, -0.15) is 9.67 Å². The van der Waals surface area contributed by atoms with E-state index in [1.165, 1.54) is 52.2 Å². The fourth-order valence-corrected chi connectivity index (χ4v) is 9.46. The van der Waals surface area contributed by atoms with Crippen LogP contribution in [0.3, 0.4) is 0 Å². The smallest absolute Gasteiger partial charge is 0.418 e. The van der Waals surface area contributed by atoms with Gasteiger partial charge in [0.1, 0.15) is 54.3 Å². The van der Waals surface area contributed by atoms with Crippen LogP contribution in [0, 0.1) is 17.6 Å². The normalized spacial score (nSPS) is 18.2. The summed E-state index contributed by atoms with van der Waals surface area (Å²) < 4.78 is 59.7. The van der Waals surface area contributed by atoms with E-state index >= 15 is 4.39 Å². The van der Waals surface area contributed by atoms with Gasteiger partial charge in [0.2, 0.25) is 12.6 Å². The molecule has 5 N–H and O–H groups in total. The fraction of sp³-hybridized carbons (Fsp3) is 0.442. The van der Waals surface area contributed by atoms with Crippen molar-refractivity contribution < 1.29 is 59.4 Å². The average molecular weight is 1060 g/mol. The second kappa shape index (κ2) is 25.0. The summed E-state index contributed by atoms with van der Waals surface area (Å²) in [6, 6.07) is 21.3. The number of benzene rings is 3. The molecule has 3 aromatic heterocycles. The minimum Gasteiger partial charge on any atom is -1.00 e. The van der Waals surface area contributed by atoms with Crippen molar-refractivity contribution in [3.63, 3.8) is 0 Å². The second-order valence-corrected chi connectivity index (χ2v) is 18.8. The molecule has 1 amide bonds. The molecule has 6 aromatic rings. The molecule has 8 rings (SSSR count). The Balaban J connectivity index is 0.00000820. The van der Waals surface area contributed by atoms with Crippen LogP contribution in [0.4, 0.5) is 30.8 Å². The molecule has 2 aliphatic heterocycles. The van der Waals surface area contributed by atoms with Crippen molar-refractivity contribution in [1.82, 2.24) is 29.1 Å². The van der Waals surface area contributed by atoms with Crippen LogP contribution in [0.5, 0.6) is 5.75 Å². The highest BCUT2D eigenvalue weighted by Crippen LogP contribution is 2.42. The topological polar surface area (TPSA) is 227 Å². The Morgan fingerprint density at radius 3 is 2.32 bits per heavy atom. The number of aromatic nitrogens is 7. The SMILES string of the molecule is CC[C@@H]([C@H](C)O)n1ncn(-c2ccc(N3CCN(c4ccc(OC[C@@H]5CO[C@@](Cn6c[n+](C(C)OC(=O)N(C)c7ncccc7COC(=O)[C@@H](N)CCCN)cn6)(c6ccc(F)cc6F)C5)cc4)CC3)cc2)c1=O.[Cl-]. The molecular weight excluding hydrogens is 994 g/mol. The van der Waals surface area contributed by atoms with Crippen LogP contribution < -0.4 is 53.6 Å². The highest BCUT2D eigenvalue weighted by Gasteiger charge is 2.46. The molecule has 5 heterocycles.